The summed E-state index contributed by atoms with van der Waals surface area (Å²) in [7, 11) is 1.72. The fraction of sp³-hybridized carbons (Fsp3) is 0.500. The lowest BCUT2D eigenvalue weighted by Crippen LogP contribution is -2.47. The van der Waals surface area contributed by atoms with Crippen molar-refractivity contribution >= 4 is 11.5 Å². The van der Waals surface area contributed by atoms with Crippen LogP contribution in [0.3, 0.4) is 0 Å². The summed E-state index contributed by atoms with van der Waals surface area (Å²) in [4.78, 5) is 12.5. The van der Waals surface area contributed by atoms with Gasteiger partial charge in [-0.05, 0) is 49.7 Å². The topological polar surface area (TPSA) is 58.6 Å². The number of hydrogen-bond acceptors (Lipinski definition) is 3. The third kappa shape index (κ3) is 2.41. The molecule has 1 saturated carbocycles. The quantitative estimate of drug-likeness (QED) is 0.902. The molecule has 1 spiro atoms. The number of benzene rings is 1. The zero-order chi connectivity index (χ0) is 15.7. The standard InChI is InChI=1S/C18H23NO3/c1-12-5-3-4-6-14(12)15-16(20)18(19-17(15)21)9-7-13(8-10-18)11-22-2/h3-6,13,20H,7-11H2,1-2H3,(H,19,21). The van der Waals surface area contributed by atoms with Crippen molar-refractivity contribution in [1.82, 2.24) is 5.32 Å². The number of hydrogen-bond donors (Lipinski definition) is 2. The highest BCUT2D eigenvalue weighted by Gasteiger charge is 2.47. The van der Waals surface area contributed by atoms with Crippen LogP contribution in [0.2, 0.25) is 0 Å². The van der Waals surface area contributed by atoms with Crippen molar-refractivity contribution in [2.75, 3.05) is 13.7 Å². The summed E-state index contributed by atoms with van der Waals surface area (Å²) in [5.74, 6) is 0.586. The fourth-order valence-electron chi connectivity index (χ4n) is 3.72. The van der Waals surface area contributed by atoms with Gasteiger partial charge in [0, 0.05) is 13.7 Å². The highest BCUT2D eigenvalue weighted by Crippen LogP contribution is 2.43. The van der Waals surface area contributed by atoms with Gasteiger partial charge >= 0.3 is 0 Å². The van der Waals surface area contributed by atoms with Crippen LogP contribution in [-0.2, 0) is 9.53 Å². The van der Waals surface area contributed by atoms with Gasteiger partial charge in [0.25, 0.3) is 5.91 Å². The molecule has 1 aromatic carbocycles. The van der Waals surface area contributed by atoms with Crippen molar-refractivity contribution in [1.29, 1.82) is 0 Å². The molecule has 0 radical (unpaired) electrons. The average molecular weight is 301 g/mol. The molecule has 2 aliphatic rings. The van der Waals surface area contributed by atoms with E-state index in [1.54, 1.807) is 7.11 Å². The van der Waals surface area contributed by atoms with E-state index in [9.17, 15) is 9.90 Å². The van der Waals surface area contributed by atoms with Crippen LogP contribution in [0.15, 0.2) is 30.0 Å². The first-order valence-electron chi connectivity index (χ1n) is 7.88. The molecular formula is C18H23NO3. The van der Waals surface area contributed by atoms with E-state index in [1.807, 2.05) is 31.2 Å². The van der Waals surface area contributed by atoms with Gasteiger partial charge in [-0.3, -0.25) is 4.79 Å². The number of nitrogens with one attached hydrogen (secondary N) is 1. The fourth-order valence-corrected chi connectivity index (χ4v) is 3.72. The van der Waals surface area contributed by atoms with E-state index in [1.165, 1.54) is 0 Å². The molecule has 3 rings (SSSR count). The number of carbonyl (C=O) groups excluding carboxylic acids is 1. The number of aryl methyl sites for hydroxylation is 1. The van der Waals surface area contributed by atoms with E-state index in [2.05, 4.69) is 5.32 Å². The van der Waals surface area contributed by atoms with Crippen LogP contribution < -0.4 is 5.32 Å². The first-order chi connectivity index (χ1) is 10.6. The molecule has 0 saturated heterocycles. The van der Waals surface area contributed by atoms with E-state index in [-0.39, 0.29) is 11.7 Å². The minimum absolute atomic E-state index is 0.156. The summed E-state index contributed by atoms with van der Waals surface area (Å²) >= 11 is 0. The lowest BCUT2D eigenvalue weighted by Gasteiger charge is -2.37. The number of aliphatic hydroxyl groups excluding tert-OH is 1. The van der Waals surface area contributed by atoms with Crippen LogP contribution in [0.25, 0.3) is 5.57 Å². The van der Waals surface area contributed by atoms with Gasteiger partial charge < -0.3 is 15.2 Å². The molecule has 2 N–H and O–H groups in total. The predicted octanol–water partition coefficient (Wildman–Crippen LogP) is 2.97. The van der Waals surface area contributed by atoms with E-state index < -0.39 is 5.54 Å². The number of aliphatic hydroxyl groups is 1. The lowest BCUT2D eigenvalue weighted by molar-refractivity contribution is -0.116. The summed E-state index contributed by atoms with van der Waals surface area (Å²) in [5.41, 5.74) is 1.71. The van der Waals surface area contributed by atoms with Crippen LogP contribution in [0.5, 0.6) is 0 Å². The maximum atomic E-state index is 12.5. The van der Waals surface area contributed by atoms with Crippen LogP contribution in [-0.4, -0.2) is 30.3 Å². The van der Waals surface area contributed by atoms with Gasteiger partial charge in [-0.15, -0.1) is 0 Å². The summed E-state index contributed by atoms with van der Waals surface area (Å²) in [5, 5.41) is 13.8. The maximum absolute atomic E-state index is 12.5. The molecule has 0 unspecified atom stereocenters. The second-order valence-corrected chi connectivity index (χ2v) is 6.47. The zero-order valence-electron chi connectivity index (χ0n) is 13.2. The molecule has 1 fully saturated rings. The maximum Gasteiger partial charge on any atom is 0.256 e. The average Bonchev–Trinajstić information content (AvgIpc) is 2.74. The number of rotatable bonds is 3. The molecule has 118 valence electrons. The third-order valence-corrected chi connectivity index (χ3v) is 5.05. The lowest BCUT2D eigenvalue weighted by atomic mass is 9.76. The molecule has 22 heavy (non-hydrogen) atoms. The number of carbonyl (C=O) groups is 1. The van der Waals surface area contributed by atoms with Gasteiger partial charge in [-0.2, -0.15) is 0 Å². The largest absolute Gasteiger partial charge is 0.509 e. The van der Waals surface area contributed by atoms with Crippen molar-refractivity contribution in [2.24, 2.45) is 5.92 Å². The number of ether oxygens (including phenoxy) is 1. The second kappa shape index (κ2) is 5.76. The van der Waals surface area contributed by atoms with Crippen LogP contribution in [0, 0.1) is 12.8 Å². The molecule has 1 aromatic rings. The van der Waals surface area contributed by atoms with E-state index >= 15 is 0 Å². The van der Waals surface area contributed by atoms with Crippen molar-refractivity contribution in [3.05, 3.63) is 41.2 Å². The summed E-state index contributed by atoms with van der Waals surface area (Å²) in [6.07, 6.45) is 3.46. The molecule has 0 bridgehead atoms. The Morgan fingerprint density at radius 3 is 2.64 bits per heavy atom. The van der Waals surface area contributed by atoms with Crippen molar-refractivity contribution < 1.29 is 14.6 Å². The van der Waals surface area contributed by atoms with Gasteiger partial charge in [-0.25, -0.2) is 0 Å². The predicted molar refractivity (Wildman–Crippen MR) is 85.4 cm³/mol. The molecule has 1 aliphatic carbocycles. The molecule has 0 atom stereocenters. The Labute approximate surface area is 131 Å². The van der Waals surface area contributed by atoms with Gasteiger partial charge in [0.1, 0.15) is 5.76 Å². The highest BCUT2D eigenvalue weighted by molar-refractivity contribution is 6.23. The number of amides is 1. The highest BCUT2D eigenvalue weighted by atomic mass is 16.5. The van der Waals surface area contributed by atoms with Gasteiger partial charge in [0.15, 0.2) is 0 Å². The molecule has 4 heteroatoms. The van der Waals surface area contributed by atoms with Crippen LogP contribution in [0.1, 0.15) is 36.8 Å². The molecule has 1 heterocycles. The molecule has 1 aliphatic heterocycles. The van der Waals surface area contributed by atoms with Crippen molar-refractivity contribution in [3.63, 3.8) is 0 Å². The van der Waals surface area contributed by atoms with Crippen molar-refractivity contribution in [3.8, 4) is 0 Å². The Morgan fingerprint density at radius 1 is 1.32 bits per heavy atom. The SMILES string of the molecule is COCC1CCC2(CC1)NC(=O)C(c1ccccc1C)=C2O. The van der Waals surface area contributed by atoms with E-state index in [0.717, 1.165) is 43.4 Å². The van der Waals surface area contributed by atoms with Gasteiger partial charge in [0.2, 0.25) is 0 Å². The Morgan fingerprint density at radius 2 is 2.00 bits per heavy atom. The zero-order valence-corrected chi connectivity index (χ0v) is 13.2. The smallest absolute Gasteiger partial charge is 0.256 e. The Balaban J connectivity index is 1.91. The summed E-state index contributed by atoms with van der Waals surface area (Å²) in [6.45, 7) is 2.71. The van der Waals surface area contributed by atoms with Crippen LogP contribution >= 0.6 is 0 Å². The number of methoxy groups -OCH3 is 1. The molecule has 4 nitrogen and oxygen atoms in total. The van der Waals surface area contributed by atoms with Crippen molar-refractivity contribution in [2.45, 2.75) is 38.1 Å². The summed E-state index contributed by atoms with van der Waals surface area (Å²) in [6, 6.07) is 7.70. The van der Waals surface area contributed by atoms with Gasteiger partial charge in [0.05, 0.1) is 11.1 Å². The Hall–Kier alpha value is -1.81. The van der Waals surface area contributed by atoms with E-state index in [0.29, 0.717) is 11.5 Å². The first kappa shape index (κ1) is 15.1. The monoisotopic (exact) mass is 301 g/mol. The minimum Gasteiger partial charge on any atom is -0.509 e. The van der Waals surface area contributed by atoms with Crippen LogP contribution in [0.4, 0.5) is 0 Å². The van der Waals surface area contributed by atoms with E-state index in [4.69, 9.17) is 4.74 Å². The Kier molecular flexibility index (Phi) is 3.96. The normalized spacial score (nSPS) is 28.3. The minimum atomic E-state index is -0.570. The third-order valence-electron chi connectivity index (χ3n) is 5.05. The Bertz CT molecular complexity index is 613. The summed E-state index contributed by atoms with van der Waals surface area (Å²) < 4.78 is 5.22. The molecule has 0 aromatic heterocycles. The van der Waals surface area contributed by atoms with Gasteiger partial charge in [-0.1, -0.05) is 24.3 Å². The molecule has 1 amide bonds. The first-order valence-corrected chi connectivity index (χ1v) is 7.88. The second-order valence-electron chi connectivity index (χ2n) is 6.47. The molecular weight excluding hydrogens is 278 g/mol.